The molecule has 38 heavy (non-hydrogen) atoms. The van der Waals surface area contributed by atoms with Gasteiger partial charge in [0.05, 0.1) is 11.1 Å². The molecule has 3 N–H and O–H groups in total. The zero-order valence-electron chi connectivity index (χ0n) is 21.4. The van der Waals surface area contributed by atoms with Gasteiger partial charge in [0.2, 0.25) is 5.88 Å². The van der Waals surface area contributed by atoms with Gasteiger partial charge in [-0.15, -0.1) is 0 Å². The number of hydrogen-bond donors (Lipinski definition) is 3. The van der Waals surface area contributed by atoms with E-state index in [-0.39, 0.29) is 12.1 Å². The molecule has 0 spiro atoms. The first-order chi connectivity index (χ1) is 18.4. The van der Waals surface area contributed by atoms with Crippen LogP contribution in [0.5, 0.6) is 17.4 Å². The highest BCUT2D eigenvalue weighted by Crippen LogP contribution is 2.33. The summed E-state index contributed by atoms with van der Waals surface area (Å²) in [6, 6.07) is 27.3. The summed E-state index contributed by atoms with van der Waals surface area (Å²) in [6.07, 6.45) is 1.59. The second kappa shape index (κ2) is 10.9. The van der Waals surface area contributed by atoms with Gasteiger partial charge in [0, 0.05) is 40.6 Å². The van der Waals surface area contributed by atoms with Crippen molar-refractivity contribution in [2.75, 3.05) is 13.2 Å². The van der Waals surface area contributed by atoms with Gasteiger partial charge in [0.15, 0.2) is 0 Å². The molecule has 0 aliphatic rings. The van der Waals surface area contributed by atoms with Crippen LogP contribution in [-0.2, 0) is 6.42 Å². The molecular formula is C31H30N4O3. The van der Waals surface area contributed by atoms with E-state index in [4.69, 9.17) is 14.7 Å². The number of aliphatic hydroxyl groups is 1. The fraction of sp³-hybridized carbons (Fsp3) is 0.226. The van der Waals surface area contributed by atoms with Crippen LogP contribution in [0.4, 0.5) is 0 Å². The van der Waals surface area contributed by atoms with Crippen LogP contribution >= 0.6 is 0 Å². The third kappa shape index (κ3) is 5.94. The zero-order valence-corrected chi connectivity index (χ0v) is 21.4. The van der Waals surface area contributed by atoms with Gasteiger partial charge in [0.1, 0.15) is 30.3 Å². The van der Waals surface area contributed by atoms with E-state index in [0.29, 0.717) is 23.7 Å². The third-order valence-corrected chi connectivity index (χ3v) is 6.40. The van der Waals surface area contributed by atoms with Crippen molar-refractivity contribution in [3.8, 4) is 23.4 Å². The largest absolute Gasteiger partial charge is 0.490 e. The number of nitrogens with one attached hydrogen (secondary N) is 2. The molecule has 0 unspecified atom stereocenters. The van der Waals surface area contributed by atoms with E-state index < -0.39 is 6.10 Å². The SMILES string of the molecule is CC(C)(Cc1ccc(Oc2ccc([14C]#N)cn2)cc1)NC[C@H](O)COc1cccc2[nH]c3ccccc3c12. The monoisotopic (exact) mass is 508 g/mol. The van der Waals surface area contributed by atoms with E-state index in [1.165, 1.54) is 6.20 Å². The number of para-hydroxylation sites is 1. The highest BCUT2D eigenvalue weighted by atomic mass is 16.5. The predicted octanol–water partition coefficient (Wildman–Crippen LogP) is 5.73. The van der Waals surface area contributed by atoms with Crippen molar-refractivity contribution in [1.29, 1.82) is 5.26 Å². The number of β-amino-alcohol motifs (C(OH)–C–C–N with tert-alkyl or cyclic N) is 1. The number of ether oxygens (including phenoxy) is 2. The van der Waals surface area contributed by atoms with Crippen LogP contribution in [0.25, 0.3) is 21.8 Å². The third-order valence-electron chi connectivity index (χ3n) is 6.40. The van der Waals surface area contributed by atoms with E-state index in [9.17, 15) is 5.11 Å². The Hall–Kier alpha value is -4.38. The van der Waals surface area contributed by atoms with Crippen molar-refractivity contribution < 1.29 is 14.6 Å². The van der Waals surface area contributed by atoms with E-state index in [1.807, 2.05) is 66.7 Å². The summed E-state index contributed by atoms with van der Waals surface area (Å²) in [5.74, 6) is 1.88. The lowest BCUT2D eigenvalue weighted by Crippen LogP contribution is -2.46. The van der Waals surface area contributed by atoms with Crippen LogP contribution in [0.3, 0.4) is 0 Å². The van der Waals surface area contributed by atoms with Crippen molar-refractivity contribution in [2.45, 2.75) is 31.9 Å². The van der Waals surface area contributed by atoms with Crippen LogP contribution < -0.4 is 14.8 Å². The topological polar surface area (TPSA) is 103 Å². The van der Waals surface area contributed by atoms with Crippen LogP contribution in [0, 0.1) is 11.3 Å². The van der Waals surface area contributed by atoms with Gasteiger partial charge in [-0.1, -0.05) is 36.4 Å². The summed E-state index contributed by atoms with van der Waals surface area (Å²) < 4.78 is 11.8. The number of aromatic nitrogens is 2. The molecule has 2 aromatic heterocycles. The van der Waals surface area contributed by atoms with Crippen molar-refractivity contribution in [1.82, 2.24) is 15.3 Å². The van der Waals surface area contributed by atoms with E-state index >= 15 is 0 Å². The molecule has 7 heteroatoms. The van der Waals surface area contributed by atoms with Crippen molar-refractivity contribution in [3.63, 3.8) is 0 Å². The molecule has 3 aromatic carbocycles. The van der Waals surface area contributed by atoms with Gasteiger partial charge in [-0.3, -0.25) is 0 Å². The maximum absolute atomic E-state index is 10.6. The summed E-state index contributed by atoms with van der Waals surface area (Å²) in [4.78, 5) is 7.55. The fourth-order valence-electron chi connectivity index (χ4n) is 4.50. The number of nitrogens with zero attached hydrogens (tertiary/aromatic N) is 2. The Morgan fingerprint density at radius 2 is 1.79 bits per heavy atom. The average Bonchev–Trinajstić information content (AvgIpc) is 3.31. The maximum Gasteiger partial charge on any atom is 0.219 e. The number of H-pyrrole nitrogens is 1. The fourth-order valence-corrected chi connectivity index (χ4v) is 4.50. The minimum atomic E-state index is -0.662. The van der Waals surface area contributed by atoms with Gasteiger partial charge in [-0.25, -0.2) is 4.98 Å². The quantitative estimate of drug-likeness (QED) is 0.223. The molecule has 0 amide bonds. The molecule has 0 saturated carbocycles. The smallest absolute Gasteiger partial charge is 0.219 e. The average molecular weight is 509 g/mol. The van der Waals surface area contributed by atoms with Crippen molar-refractivity contribution >= 4 is 21.8 Å². The second-order valence-corrected chi connectivity index (χ2v) is 10.00. The van der Waals surface area contributed by atoms with Gasteiger partial charge >= 0.3 is 0 Å². The molecule has 7 nitrogen and oxygen atoms in total. The molecule has 1 atom stereocenters. The number of nitriles is 1. The van der Waals surface area contributed by atoms with Crippen LogP contribution in [0.1, 0.15) is 25.0 Å². The number of aromatic amines is 1. The van der Waals surface area contributed by atoms with E-state index in [2.05, 4.69) is 35.2 Å². The highest BCUT2D eigenvalue weighted by molar-refractivity contribution is 6.10. The molecular weight excluding hydrogens is 478 g/mol. The number of pyridine rings is 1. The standard InChI is InChI=1S/C31H30N4O3/c1-31(2,16-21-10-13-24(14-11-21)38-29-15-12-22(17-32)18-33-29)34-19-23(36)20-37-28-9-5-8-27-30(28)25-6-3-4-7-26(25)35-27/h3-15,18,23,34-36H,16,19-20H2,1-2H3/t23-/m0/s1/i17+2. The van der Waals surface area contributed by atoms with Crippen LogP contribution in [0.15, 0.2) is 85.1 Å². The molecule has 5 aromatic rings. The molecule has 0 saturated heterocycles. The van der Waals surface area contributed by atoms with Crippen LogP contribution in [-0.4, -0.2) is 39.9 Å². The Morgan fingerprint density at radius 1 is 1.00 bits per heavy atom. The zero-order chi connectivity index (χ0) is 26.5. The molecule has 5 rings (SSSR count). The Labute approximate surface area is 221 Å². The molecule has 0 aliphatic carbocycles. The summed E-state index contributed by atoms with van der Waals surface area (Å²) in [7, 11) is 0. The highest BCUT2D eigenvalue weighted by Gasteiger charge is 2.20. The minimum absolute atomic E-state index is 0.192. The Kier molecular flexibility index (Phi) is 7.27. The lowest BCUT2D eigenvalue weighted by atomic mass is 9.94. The Bertz CT molecular complexity index is 1570. The molecule has 2 heterocycles. The van der Waals surface area contributed by atoms with Crippen molar-refractivity contribution in [3.05, 3.63) is 96.2 Å². The lowest BCUT2D eigenvalue weighted by Gasteiger charge is -2.28. The summed E-state index contributed by atoms with van der Waals surface area (Å²) in [5, 5.41) is 25.1. The number of hydrogen-bond acceptors (Lipinski definition) is 6. The molecule has 192 valence electrons. The van der Waals surface area contributed by atoms with E-state index in [1.54, 1.807) is 12.1 Å². The molecule has 0 aliphatic heterocycles. The number of benzene rings is 3. The summed E-state index contributed by atoms with van der Waals surface area (Å²) in [6.45, 7) is 4.82. The minimum Gasteiger partial charge on any atom is -0.490 e. The number of aliphatic hydroxyl groups excluding tert-OH is 1. The van der Waals surface area contributed by atoms with E-state index in [0.717, 1.165) is 39.5 Å². The van der Waals surface area contributed by atoms with Gasteiger partial charge in [0.25, 0.3) is 0 Å². The lowest BCUT2D eigenvalue weighted by molar-refractivity contribution is 0.0996. The van der Waals surface area contributed by atoms with Gasteiger partial charge in [-0.2, -0.15) is 5.26 Å². The van der Waals surface area contributed by atoms with Gasteiger partial charge in [-0.05, 0) is 62.2 Å². The normalized spacial score (nSPS) is 12.4. The van der Waals surface area contributed by atoms with Gasteiger partial charge < -0.3 is 24.9 Å². The second-order valence-electron chi connectivity index (χ2n) is 10.00. The molecule has 0 bridgehead atoms. The Morgan fingerprint density at radius 3 is 2.55 bits per heavy atom. The first-order valence-electron chi connectivity index (χ1n) is 12.6. The molecule has 0 radical (unpaired) electrons. The maximum atomic E-state index is 10.6. The number of fused-ring (bicyclic) bond motifs is 3. The predicted molar refractivity (Wildman–Crippen MR) is 149 cm³/mol. The number of rotatable bonds is 10. The first kappa shape index (κ1) is 25.3. The van der Waals surface area contributed by atoms with Crippen LogP contribution in [0.2, 0.25) is 0 Å². The van der Waals surface area contributed by atoms with Crippen molar-refractivity contribution in [2.24, 2.45) is 0 Å². The molecule has 0 fully saturated rings. The summed E-state index contributed by atoms with van der Waals surface area (Å²) >= 11 is 0. The first-order valence-corrected chi connectivity index (χ1v) is 12.6. The summed E-state index contributed by atoms with van der Waals surface area (Å²) in [5.41, 5.74) is 3.47. The Balaban J connectivity index is 1.13.